The summed E-state index contributed by atoms with van der Waals surface area (Å²) in [5, 5.41) is 21.3. The number of nitrogens with one attached hydrogen (secondary N) is 1. The third kappa shape index (κ3) is 5.05. The SMILES string of the molecule is N#Cc1ccc(CN([C@@H]2CN[C@H](C(=O)N3CCSC3)C2)S(=O)(=O)c2ccc(C#N)cc2)cc1. The lowest BCUT2D eigenvalue weighted by atomic mass is 10.1. The van der Waals surface area contributed by atoms with Gasteiger partial charge in [-0.2, -0.15) is 14.8 Å². The zero-order chi connectivity index (χ0) is 23.4. The molecule has 33 heavy (non-hydrogen) atoms. The molecule has 2 aliphatic heterocycles. The molecule has 0 aromatic heterocycles. The van der Waals surface area contributed by atoms with Crippen molar-refractivity contribution in [3.05, 3.63) is 65.2 Å². The summed E-state index contributed by atoms with van der Waals surface area (Å²) in [7, 11) is -3.90. The van der Waals surface area contributed by atoms with Crippen molar-refractivity contribution in [2.75, 3.05) is 24.7 Å². The van der Waals surface area contributed by atoms with Gasteiger partial charge in [0.25, 0.3) is 0 Å². The van der Waals surface area contributed by atoms with Gasteiger partial charge in [-0.15, -0.1) is 11.8 Å². The van der Waals surface area contributed by atoms with Crippen LogP contribution in [0.3, 0.4) is 0 Å². The van der Waals surface area contributed by atoms with E-state index < -0.39 is 22.1 Å². The van der Waals surface area contributed by atoms with Crippen LogP contribution in [0.25, 0.3) is 0 Å². The number of carbonyl (C=O) groups is 1. The van der Waals surface area contributed by atoms with Gasteiger partial charge in [0.15, 0.2) is 0 Å². The van der Waals surface area contributed by atoms with Crippen LogP contribution in [-0.2, 0) is 21.4 Å². The number of sulfonamides is 1. The molecule has 1 N–H and O–H groups in total. The van der Waals surface area contributed by atoms with Gasteiger partial charge in [0.1, 0.15) is 0 Å². The molecule has 2 fully saturated rings. The summed E-state index contributed by atoms with van der Waals surface area (Å²) in [5.41, 5.74) is 1.62. The highest BCUT2D eigenvalue weighted by molar-refractivity contribution is 7.99. The van der Waals surface area contributed by atoms with Gasteiger partial charge in [-0.05, 0) is 48.4 Å². The van der Waals surface area contributed by atoms with E-state index in [-0.39, 0.29) is 17.3 Å². The van der Waals surface area contributed by atoms with E-state index in [0.717, 1.165) is 11.3 Å². The maximum atomic E-state index is 13.6. The molecule has 2 aliphatic rings. The van der Waals surface area contributed by atoms with E-state index in [2.05, 4.69) is 11.4 Å². The molecular formula is C23H23N5O3S2. The van der Waals surface area contributed by atoms with E-state index in [4.69, 9.17) is 10.5 Å². The van der Waals surface area contributed by atoms with Crippen LogP contribution in [0.4, 0.5) is 0 Å². The van der Waals surface area contributed by atoms with Crippen LogP contribution in [0.1, 0.15) is 23.1 Å². The Labute approximate surface area is 197 Å². The minimum absolute atomic E-state index is 0.0107. The van der Waals surface area contributed by atoms with Crippen LogP contribution < -0.4 is 5.32 Å². The summed E-state index contributed by atoms with van der Waals surface area (Å²) >= 11 is 1.71. The Morgan fingerprint density at radius 1 is 1.09 bits per heavy atom. The normalized spacial score (nSPS) is 20.5. The average Bonchev–Trinajstić information content (AvgIpc) is 3.55. The molecule has 170 valence electrons. The Balaban J connectivity index is 1.61. The number of rotatable bonds is 6. The van der Waals surface area contributed by atoms with Crippen molar-refractivity contribution in [2.45, 2.75) is 29.9 Å². The average molecular weight is 482 g/mol. The third-order valence-electron chi connectivity index (χ3n) is 5.89. The van der Waals surface area contributed by atoms with Crippen LogP contribution in [0, 0.1) is 22.7 Å². The van der Waals surface area contributed by atoms with E-state index in [0.29, 0.717) is 36.5 Å². The number of nitrogens with zero attached hydrogens (tertiary/aromatic N) is 4. The zero-order valence-corrected chi connectivity index (χ0v) is 19.5. The lowest BCUT2D eigenvalue weighted by molar-refractivity contribution is -0.131. The molecule has 2 heterocycles. The van der Waals surface area contributed by atoms with Gasteiger partial charge in [0.05, 0.1) is 40.1 Å². The summed E-state index contributed by atoms with van der Waals surface area (Å²) in [6, 6.07) is 15.9. The highest BCUT2D eigenvalue weighted by Gasteiger charge is 2.40. The smallest absolute Gasteiger partial charge is 0.243 e. The summed E-state index contributed by atoms with van der Waals surface area (Å²) < 4.78 is 28.7. The van der Waals surface area contributed by atoms with Crippen LogP contribution in [0.5, 0.6) is 0 Å². The Morgan fingerprint density at radius 3 is 2.30 bits per heavy atom. The summed E-state index contributed by atoms with van der Waals surface area (Å²) in [6.45, 7) is 1.19. The molecule has 8 nitrogen and oxygen atoms in total. The first-order chi connectivity index (χ1) is 15.9. The van der Waals surface area contributed by atoms with Crippen molar-refractivity contribution >= 4 is 27.7 Å². The first-order valence-corrected chi connectivity index (χ1v) is 13.1. The predicted octanol–water partition coefficient (Wildman–Crippen LogP) is 1.88. The maximum Gasteiger partial charge on any atom is 0.243 e. The Bertz CT molecular complexity index is 1190. The fraction of sp³-hybridized carbons (Fsp3) is 0.348. The molecule has 10 heteroatoms. The molecule has 0 aliphatic carbocycles. The maximum absolute atomic E-state index is 13.6. The summed E-state index contributed by atoms with van der Waals surface area (Å²) in [6.07, 6.45) is 0.381. The van der Waals surface area contributed by atoms with Crippen molar-refractivity contribution in [2.24, 2.45) is 0 Å². The van der Waals surface area contributed by atoms with E-state index in [1.807, 2.05) is 11.0 Å². The quantitative estimate of drug-likeness (QED) is 0.669. The highest BCUT2D eigenvalue weighted by Crippen LogP contribution is 2.27. The molecule has 1 amide bonds. The van der Waals surface area contributed by atoms with Crippen molar-refractivity contribution in [3.8, 4) is 12.1 Å². The Morgan fingerprint density at radius 2 is 1.73 bits per heavy atom. The van der Waals surface area contributed by atoms with Crippen molar-refractivity contribution in [1.29, 1.82) is 10.5 Å². The predicted molar refractivity (Wildman–Crippen MR) is 124 cm³/mol. The lowest BCUT2D eigenvalue weighted by Gasteiger charge is -2.28. The monoisotopic (exact) mass is 481 g/mol. The second-order valence-corrected chi connectivity index (χ2v) is 10.9. The molecule has 2 saturated heterocycles. The van der Waals surface area contributed by atoms with Gasteiger partial charge >= 0.3 is 0 Å². The van der Waals surface area contributed by atoms with Gasteiger partial charge in [-0.3, -0.25) is 4.79 Å². The second-order valence-electron chi connectivity index (χ2n) is 7.98. The zero-order valence-electron chi connectivity index (χ0n) is 17.8. The lowest BCUT2D eigenvalue weighted by Crippen LogP contribution is -2.42. The summed E-state index contributed by atoms with van der Waals surface area (Å²) in [5.74, 6) is 1.59. The number of carbonyl (C=O) groups excluding carboxylic acids is 1. The van der Waals surface area contributed by atoms with E-state index in [1.54, 1.807) is 36.0 Å². The van der Waals surface area contributed by atoms with Gasteiger partial charge < -0.3 is 10.2 Å². The van der Waals surface area contributed by atoms with Crippen molar-refractivity contribution < 1.29 is 13.2 Å². The molecule has 2 aromatic rings. The molecule has 0 saturated carbocycles. The first-order valence-electron chi connectivity index (χ1n) is 10.5. The number of hydrogen-bond donors (Lipinski definition) is 1. The van der Waals surface area contributed by atoms with E-state index in [9.17, 15) is 13.2 Å². The topological polar surface area (TPSA) is 117 Å². The third-order valence-corrected chi connectivity index (χ3v) is 8.77. The second kappa shape index (κ2) is 9.94. The van der Waals surface area contributed by atoms with Crippen LogP contribution in [-0.4, -0.2) is 60.3 Å². The molecule has 2 atom stereocenters. The molecule has 0 radical (unpaired) electrons. The minimum Gasteiger partial charge on any atom is -0.331 e. The van der Waals surface area contributed by atoms with E-state index in [1.165, 1.54) is 28.6 Å². The number of benzene rings is 2. The first kappa shape index (κ1) is 23.3. The largest absolute Gasteiger partial charge is 0.331 e. The molecule has 4 rings (SSSR count). The highest BCUT2D eigenvalue weighted by atomic mass is 32.2. The van der Waals surface area contributed by atoms with Crippen molar-refractivity contribution in [3.63, 3.8) is 0 Å². The van der Waals surface area contributed by atoms with Crippen LogP contribution in [0.2, 0.25) is 0 Å². The number of hydrogen-bond acceptors (Lipinski definition) is 7. The van der Waals surface area contributed by atoms with Gasteiger partial charge in [0.2, 0.25) is 15.9 Å². The van der Waals surface area contributed by atoms with Gasteiger partial charge in [-0.1, -0.05) is 12.1 Å². The Hall–Kier alpha value is -2.89. The molecule has 0 unspecified atom stereocenters. The summed E-state index contributed by atoms with van der Waals surface area (Å²) in [4.78, 5) is 14.8. The molecule has 2 aromatic carbocycles. The fourth-order valence-corrected chi connectivity index (χ4v) is 6.62. The van der Waals surface area contributed by atoms with Gasteiger partial charge in [0, 0.05) is 31.4 Å². The minimum atomic E-state index is -3.90. The molecular weight excluding hydrogens is 458 g/mol. The number of thioether (sulfide) groups is 1. The van der Waals surface area contributed by atoms with Crippen LogP contribution in [0.15, 0.2) is 53.4 Å². The van der Waals surface area contributed by atoms with Crippen LogP contribution >= 0.6 is 11.8 Å². The Kier molecular flexibility index (Phi) is 7.01. The van der Waals surface area contributed by atoms with Gasteiger partial charge in [-0.25, -0.2) is 8.42 Å². The van der Waals surface area contributed by atoms with Crippen molar-refractivity contribution in [1.82, 2.24) is 14.5 Å². The standard InChI is InChI=1S/C23H23N5O3S2/c24-12-17-1-3-19(4-2-17)15-28(33(30,31)21-7-5-18(13-25)6-8-21)20-11-22(26-14-20)23(29)27-9-10-32-16-27/h1-8,20,22,26H,9-11,14-16H2/t20-,22-/m0/s1. The molecule has 0 spiro atoms. The number of nitriles is 2. The number of amides is 1. The van der Waals surface area contributed by atoms with E-state index >= 15 is 0 Å². The fourth-order valence-electron chi connectivity index (χ4n) is 4.04. The molecule has 0 bridgehead atoms.